The van der Waals surface area contributed by atoms with E-state index in [0.717, 1.165) is 10.9 Å². The predicted molar refractivity (Wildman–Crippen MR) is 119 cm³/mol. The molecule has 0 bridgehead atoms. The number of para-hydroxylation sites is 1. The molecule has 0 saturated carbocycles. The SMILES string of the molecule is Cl.N#Cc1cnc2c(NC(=O)c3c(Cl)cccc3Cl)cccc2c1Cn1ccnc1. The second-order valence-corrected chi connectivity index (χ2v) is 7.06. The molecule has 1 amide bonds. The number of aromatic nitrogens is 3. The number of imidazole rings is 1. The average Bonchev–Trinajstić information content (AvgIpc) is 3.21. The van der Waals surface area contributed by atoms with E-state index in [9.17, 15) is 10.1 Å². The van der Waals surface area contributed by atoms with Crippen LogP contribution in [-0.4, -0.2) is 20.4 Å². The fourth-order valence-electron chi connectivity index (χ4n) is 3.11. The van der Waals surface area contributed by atoms with Crippen LogP contribution in [0.1, 0.15) is 21.5 Å². The smallest absolute Gasteiger partial charge is 0.258 e. The van der Waals surface area contributed by atoms with E-state index in [1.807, 2.05) is 16.8 Å². The van der Waals surface area contributed by atoms with Gasteiger partial charge in [-0.1, -0.05) is 41.4 Å². The van der Waals surface area contributed by atoms with Gasteiger partial charge in [0.05, 0.1) is 45.2 Å². The molecular formula is C21H14Cl3N5O. The number of carbonyl (C=O) groups is 1. The topological polar surface area (TPSA) is 83.6 Å². The predicted octanol–water partition coefficient (Wildman–Crippen LogP) is 5.33. The van der Waals surface area contributed by atoms with Crippen LogP contribution in [-0.2, 0) is 6.54 Å². The van der Waals surface area contributed by atoms with Gasteiger partial charge >= 0.3 is 0 Å². The zero-order valence-electron chi connectivity index (χ0n) is 15.3. The molecule has 0 radical (unpaired) electrons. The Morgan fingerprint density at radius 2 is 1.90 bits per heavy atom. The Kier molecular flexibility index (Phi) is 6.58. The molecule has 1 N–H and O–H groups in total. The van der Waals surface area contributed by atoms with Gasteiger partial charge in [-0.25, -0.2) is 4.98 Å². The molecule has 0 unspecified atom stereocenters. The highest BCUT2D eigenvalue weighted by Crippen LogP contribution is 2.29. The summed E-state index contributed by atoms with van der Waals surface area (Å²) in [5, 5.41) is 13.6. The number of nitrogens with zero attached hydrogens (tertiary/aromatic N) is 4. The Morgan fingerprint density at radius 3 is 2.57 bits per heavy atom. The number of halogens is 3. The first-order valence-electron chi connectivity index (χ1n) is 8.60. The number of fused-ring (bicyclic) bond motifs is 1. The molecule has 0 spiro atoms. The number of nitrogens with one attached hydrogen (secondary N) is 1. The normalized spacial score (nSPS) is 10.3. The number of carbonyl (C=O) groups excluding carboxylic acids is 1. The second kappa shape index (κ2) is 9.14. The van der Waals surface area contributed by atoms with Gasteiger partial charge in [-0.15, -0.1) is 12.4 Å². The minimum atomic E-state index is -0.435. The Bertz CT molecular complexity index is 1250. The van der Waals surface area contributed by atoms with Crippen molar-refractivity contribution in [3.8, 4) is 6.07 Å². The molecule has 2 aromatic carbocycles. The molecule has 2 heterocycles. The number of rotatable bonds is 4. The summed E-state index contributed by atoms with van der Waals surface area (Å²) in [6, 6.07) is 12.5. The van der Waals surface area contributed by atoms with Crippen LogP contribution in [0.3, 0.4) is 0 Å². The van der Waals surface area contributed by atoms with Crippen LogP contribution in [0.5, 0.6) is 0 Å². The number of hydrogen-bond donors (Lipinski definition) is 1. The first-order valence-corrected chi connectivity index (χ1v) is 9.36. The molecule has 0 saturated heterocycles. The molecule has 150 valence electrons. The van der Waals surface area contributed by atoms with Gasteiger partial charge in [-0.05, 0) is 18.2 Å². The van der Waals surface area contributed by atoms with Crippen molar-refractivity contribution in [3.63, 3.8) is 0 Å². The first kappa shape index (κ1) is 21.6. The highest BCUT2D eigenvalue weighted by atomic mass is 35.5. The maximum absolute atomic E-state index is 12.8. The summed E-state index contributed by atoms with van der Waals surface area (Å²) >= 11 is 12.3. The van der Waals surface area contributed by atoms with Gasteiger partial charge in [0.15, 0.2) is 0 Å². The maximum Gasteiger partial charge on any atom is 0.258 e. The minimum Gasteiger partial charge on any atom is -0.333 e. The van der Waals surface area contributed by atoms with Crippen LogP contribution in [0.4, 0.5) is 5.69 Å². The lowest BCUT2D eigenvalue weighted by Crippen LogP contribution is -2.14. The molecule has 0 aliphatic heterocycles. The lowest BCUT2D eigenvalue weighted by atomic mass is 10.0. The molecule has 6 nitrogen and oxygen atoms in total. The number of benzene rings is 2. The molecular weight excluding hydrogens is 445 g/mol. The van der Waals surface area contributed by atoms with Crippen LogP contribution in [0, 0.1) is 11.3 Å². The number of pyridine rings is 1. The van der Waals surface area contributed by atoms with E-state index < -0.39 is 5.91 Å². The van der Waals surface area contributed by atoms with E-state index in [4.69, 9.17) is 23.2 Å². The molecule has 0 fully saturated rings. The zero-order valence-corrected chi connectivity index (χ0v) is 17.7. The summed E-state index contributed by atoms with van der Waals surface area (Å²) in [5.74, 6) is -0.435. The van der Waals surface area contributed by atoms with Crippen molar-refractivity contribution in [1.29, 1.82) is 5.26 Å². The van der Waals surface area contributed by atoms with Crippen LogP contribution < -0.4 is 5.32 Å². The molecule has 30 heavy (non-hydrogen) atoms. The monoisotopic (exact) mass is 457 g/mol. The molecule has 4 aromatic rings. The van der Waals surface area contributed by atoms with Gasteiger partial charge in [0.2, 0.25) is 0 Å². The number of amides is 1. The quantitative estimate of drug-likeness (QED) is 0.448. The van der Waals surface area contributed by atoms with E-state index in [1.54, 1.807) is 42.9 Å². The maximum atomic E-state index is 12.8. The molecule has 0 atom stereocenters. The van der Waals surface area contributed by atoms with Gasteiger partial charge in [0.1, 0.15) is 6.07 Å². The molecule has 4 rings (SSSR count). The van der Waals surface area contributed by atoms with E-state index >= 15 is 0 Å². The van der Waals surface area contributed by atoms with Crippen molar-refractivity contribution in [1.82, 2.24) is 14.5 Å². The Balaban J connectivity index is 0.00000256. The Hall–Kier alpha value is -3.11. The van der Waals surface area contributed by atoms with Crippen molar-refractivity contribution in [2.75, 3.05) is 5.32 Å². The van der Waals surface area contributed by atoms with Crippen LogP contribution in [0.25, 0.3) is 10.9 Å². The second-order valence-electron chi connectivity index (χ2n) is 6.25. The zero-order chi connectivity index (χ0) is 20.4. The average molecular weight is 459 g/mol. The van der Waals surface area contributed by atoms with Crippen LogP contribution in [0.15, 0.2) is 61.3 Å². The van der Waals surface area contributed by atoms with E-state index in [-0.39, 0.29) is 28.0 Å². The van der Waals surface area contributed by atoms with Crippen molar-refractivity contribution in [2.45, 2.75) is 6.54 Å². The van der Waals surface area contributed by atoms with Gasteiger partial charge in [-0.3, -0.25) is 9.78 Å². The van der Waals surface area contributed by atoms with Crippen molar-refractivity contribution in [2.24, 2.45) is 0 Å². The Morgan fingerprint density at radius 1 is 1.17 bits per heavy atom. The summed E-state index contributed by atoms with van der Waals surface area (Å²) in [4.78, 5) is 21.2. The fourth-order valence-corrected chi connectivity index (χ4v) is 3.68. The van der Waals surface area contributed by atoms with Crippen LogP contribution >= 0.6 is 35.6 Å². The van der Waals surface area contributed by atoms with Gasteiger partial charge < -0.3 is 9.88 Å². The summed E-state index contributed by atoms with van der Waals surface area (Å²) in [6.45, 7) is 0.454. The van der Waals surface area contributed by atoms with Crippen LogP contribution in [0.2, 0.25) is 10.0 Å². The van der Waals surface area contributed by atoms with Crippen molar-refractivity contribution < 1.29 is 4.79 Å². The van der Waals surface area contributed by atoms with Gasteiger partial charge in [-0.2, -0.15) is 5.26 Å². The lowest BCUT2D eigenvalue weighted by Gasteiger charge is -2.13. The molecule has 9 heteroatoms. The number of anilines is 1. The number of nitriles is 1. The molecule has 0 aliphatic rings. The third-order valence-corrected chi connectivity index (χ3v) is 5.10. The van der Waals surface area contributed by atoms with E-state index in [0.29, 0.717) is 23.3 Å². The van der Waals surface area contributed by atoms with E-state index in [1.165, 1.54) is 6.20 Å². The largest absolute Gasteiger partial charge is 0.333 e. The summed E-state index contributed by atoms with van der Waals surface area (Å²) < 4.78 is 1.87. The summed E-state index contributed by atoms with van der Waals surface area (Å²) in [7, 11) is 0. The minimum absolute atomic E-state index is 0. The third-order valence-electron chi connectivity index (χ3n) is 4.47. The standard InChI is InChI=1S/C21H13Cl2N5O.ClH/c22-16-4-2-5-17(23)19(16)21(29)27-18-6-1-3-14-15(11-28-8-7-25-12-28)13(9-24)10-26-20(14)18;/h1-8,10,12H,11H2,(H,27,29);1H. The van der Waals surface area contributed by atoms with E-state index in [2.05, 4.69) is 21.4 Å². The lowest BCUT2D eigenvalue weighted by molar-refractivity contribution is 0.102. The first-order chi connectivity index (χ1) is 14.1. The molecule has 0 aliphatic carbocycles. The van der Waals surface area contributed by atoms with Gasteiger partial charge in [0.25, 0.3) is 5.91 Å². The number of hydrogen-bond acceptors (Lipinski definition) is 4. The third kappa shape index (κ3) is 4.10. The van der Waals surface area contributed by atoms with Crippen molar-refractivity contribution in [3.05, 3.63) is 88.1 Å². The Labute approximate surface area is 188 Å². The molecule has 2 aromatic heterocycles. The summed E-state index contributed by atoms with van der Waals surface area (Å²) in [5.41, 5.74) is 2.52. The highest BCUT2D eigenvalue weighted by molar-refractivity contribution is 6.40. The van der Waals surface area contributed by atoms with Gasteiger partial charge in [0, 0.05) is 29.5 Å². The summed E-state index contributed by atoms with van der Waals surface area (Å²) in [6.07, 6.45) is 6.68. The fraction of sp³-hybridized carbons (Fsp3) is 0.0476. The van der Waals surface area contributed by atoms with Crippen molar-refractivity contribution >= 4 is 58.1 Å². The highest BCUT2D eigenvalue weighted by Gasteiger charge is 2.17.